The molecule has 10 aliphatic rings. The molecule has 0 aromatic heterocycles. The number of hydrogen-bond donors (Lipinski definition) is 31. The number of carbonyl (C=O) groups is 4. The highest BCUT2D eigenvalue weighted by atomic mass is 16.8. The predicted octanol–water partition coefficient (Wildman–Crippen LogP) is -21.2. The normalized spacial score (nSPS) is 49.7. The van der Waals surface area contributed by atoms with Gasteiger partial charge in [-0.15, -0.1) is 0 Å². The van der Waals surface area contributed by atoms with Crippen LogP contribution in [0.2, 0.25) is 0 Å². The molecule has 0 aliphatic carbocycles. The first-order valence-corrected chi connectivity index (χ1v) is 39.0. The van der Waals surface area contributed by atoms with E-state index in [9.17, 15) is 157 Å². The third kappa shape index (κ3) is 22.0. The Balaban J connectivity index is 1.01. The van der Waals surface area contributed by atoms with E-state index in [4.69, 9.17) is 90.0 Å². The van der Waals surface area contributed by atoms with Crippen LogP contribution in [-0.2, 0) is 109 Å². The average molecular weight is 1790 g/mol. The van der Waals surface area contributed by atoms with Crippen molar-refractivity contribution in [1.29, 1.82) is 0 Å². The van der Waals surface area contributed by atoms with E-state index in [1.165, 1.54) is 6.92 Å². The predicted molar refractivity (Wildman–Crippen MR) is 375 cm³/mol. The van der Waals surface area contributed by atoms with Gasteiger partial charge in [-0.25, -0.2) is 0 Å². The van der Waals surface area contributed by atoms with Gasteiger partial charge in [-0.2, -0.15) is 0 Å². The molecule has 54 nitrogen and oxygen atoms in total. The lowest BCUT2D eigenvalue weighted by atomic mass is 9.93. The van der Waals surface area contributed by atoms with E-state index in [0.717, 1.165) is 27.7 Å². The van der Waals surface area contributed by atoms with Crippen LogP contribution < -0.4 is 21.3 Å². The van der Waals surface area contributed by atoms with Crippen molar-refractivity contribution in [2.45, 2.75) is 341 Å². The number of aliphatic hydroxyl groups is 27. The van der Waals surface area contributed by atoms with Gasteiger partial charge in [0.15, 0.2) is 62.9 Å². The first-order valence-electron chi connectivity index (χ1n) is 39.0. The zero-order chi connectivity index (χ0) is 89.8. The van der Waals surface area contributed by atoms with Crippen molar-refractivity contribution in [3.8, 4) is 0 Å². The monoisotopic (exact) mass is 1790 g/mol. The minimum atomic E-state index is -2.65. The fourth-order valence-electron chi connectivity index (χ4n) is 15.8. The van der Waals surface area contributed by atoms with Gasteiger partial charge in [0.25, 0.3) is 0 Å². The molecule has 10 aliphatic heterocycles. The highest BCUT2D eigenvalue weighted by Crippen LogP contribution is 2.41. The molecule has 0 radical (unpaired) electrons. The van der Waals surface area contributed by atoms with Crippen molar-refractivity contribution in [2.24, 2.45) is 0 Å². The zero-order valence-electron chi connectivity index (χ0n) is 65.7. The molecule has 0 unspecified atom stereocenters. The van der Waals surface area contributed by atoms with Crippen molar-refractivity contribution < 1.29 is 247 Å². The van der Waals surface area contributed by atoms with Crippen LogP contribution >= 0.6 is 0 Å². The van der Waals surface area contributed by atoms with E-state index in [1.54, 1.807) is 0 Å². The molecule has 0 spiro atoms. The number of nitrogens with one attached hydrogen (secondary N) is 4. The number of hydrogen-bond acceptors (Lipinski definition) is 50. The van der Waals surface area contributed by atoms with Crippen LogP contribution in [-0.4, -0.2) is 528 Å². The quantitative estimate of drug-likeness (QED) is 0.0306. The molecule has 4 amide bonds. The SMILES string of the molecule is CC(=O)N[C@@H]1[C@@H](O)[C@H](O[C@@H]2O[C@H](CO)[C@@H](O[C@H]3O[C@H](CO[C@H]4O[C@H](CO)[C@@H](O)[C@H](O)[C@@H]4O)[C@@H](O)[C@H](O[C@H]4O[C@H](CO)[C@@H](O[C@@H]5O[C@H](CO)[C@@H](O[C@@H]6O[C@H](CO)[C@H](O)[C@H](O)[C@H]6O)[C@H](O)[C@H]5NC(C)=O)[C@H](O)[C@@H]4O[C@@H]4O[C@H](CO)[C@@H](O[C@@H]5O[C@H](CO)[C@H](O)[C@H](O)[C@H]5O)[C@H](O)[C@H]4NC(C)=O)[C@@H]3O)[C@H](O)[C@H]2NC(C)=O)[C@@H](CO[C@@H]2O[C@@H](C)[C@@H](O)[C@@H](O)[C@@H]2O)O[C@H]1O. The maximum atomic E-state index is 13.3. The molecule has 10 saturated heterocycles. The summed E-state index contributed by atoms with van der Waals surface area (Å²) >= 11 is 0. The van der Waals surface area contributed by atoms with Crippen LogP contribution in [0.15, 0.2) is 0 Å². The molecular formula is C68H114N4O50. The van der Waals surface area contributed by atoms with Crippen molar-refractivity contribution >= 4 is 23.6 Å². The van der Waals surface area contributed by atoms with E-state index < -0.39 is 390 Å². The van der Waals surface area contributed by atoms with Gasteiger partial charge in [-0.3, -0.25) is 19.2 Å². The zero-order valence-corrected chi connectivity index (χ0v) is 65.7. The van der Waals surface area contributed by atoms with Crippen LogP contribution in [0.5, 0.6) is 0 Å². The number of aliphatic hydroxyl groups excluding tert-OH is 27. The van der Waals surface area contributed by atoms with Crippen LogP contribution in [0.1, 0.15) is 34.6 Å². The van der Waals surface area contributed by atoms with Gasteiger partial charge in [0, 0.05) is 27.7 Å². The topological polar surface area (TPSA) is 838 Å². The molecule has 0 aromatic rings. The Morgan fingerprint density at radius 2 is 0.492 bits per heavy atom. The molecule has 0 saturated carbocycles. The Morgan fingerprint density at radius 3 is 0.869 bits per heavy atom. The largest absolute Gasteiger partial charge is 0.394 e. The highest BCUT2D eigenvalue weighted by Gasteiger charge is 2.62. The van der Waals surface area contributed by atoms with Gasteiger partial charge in [-0.05, 0) is 6.92 Å². The lowest BCUT2D eigenvalue weighted by molar-refractivity contribution is -0.406. The molecule has 10 heterocycles. The lowest BCUT2D eigenvalue weighted by Gasteiger charge is -2.52. The van der Waals surface area contributed by atoms with Gasteiger partial charge in [0.2, 0.25) is 23.6 Å². The van der Waals surface area contributed by atoms with Crippen LogP contribution in [0, 0.1) is 0 Å². The number of ether oxygens (including phenoxy) is 19. The second kappa shape index (κ2) is 43.6. The molecule has 50 atom stereocenters. The van der Waals surface area contributed by atoms with E-state index >= 15 is 0 Å². The molecular weight excluding hydrogens is 1670 g/mol. The minimum Gasteiger partial charge on any atom is -0.394 e. The van der Waals surface area contributed by atoms with Crippen LogP contribution in [0.3, 0.4) is 0 Å². The summed E-state index contributed by atoms with van der Waals surface area (Å²) in [5.74, 6) is -3.84. The van der Waals surface area contributed by atoms with Gasteiger partial charge in [-0.1, -0.05) is 0 Å². The third-order valence-corrected chi connectivity index (χ3v) is 22.4. The molecule has 122 heavy (non-hydrogen) atoms. The van der Waals surface area contributed by atoms with Crippen molar-refractivity contribution in [1.82, 2.24) is 21.3 Å². The first-order chi connectivity index (χ1) is 57.7. The Hall–Kier alpha value is -3.96. The Kier molecular flexibility index (Phi) is 35.8. The summed E-state index contributed by atoms with van der Waals surface area (Å²) in [4.78, 5) is 52.0. The number of rotatable bonds is 31. The summed E-state index contributed by atoms with van der Waals surface area (Å²) in [5.41, 5.74) is 0. The standard InChI is InChI=1S/C68H114N4O50/c1-15-33(84)42(93)46(97)63(106-15)105-14-28-56(38(89)29(59(103)107-28)69-16(2)80)117-61-31(71-18(4)82)40(91)54(25(11-78)112-61)120-67-51(102)57(37(88)27(115-67)13-104-64-47(98)43(94)34(85)20(6-73)108-64)121-68-58(122-62-32(72-19(5)83)41(92)53(24(10-77)113-62)119-66-49(100)45(96)36(87)22(8-75)110-66)50(101)55(26(12-79)114-68)116-60-30(70-17(3)81)39(90)52(23(9-76)111-60)118-65-48(99)44(95)35(86)21(7-74)109-65/h15,20-68,73-79,84-103H,6-14H2,1-5H3,(H,69,80)(H,70,81)(H,71,82)(H,72,83)/t15-,20+,21+,22+,23+,24+,25+,26+,27+,28+,29+,30+,31+,32+,33+,34+,35-,36-,37+,38+,39+,40+,41+,42+,43-,44-,45-,46-,47-,48+,49+,50-,51-,52+,53+,54+,55+,56+,57-,58-,59+,60-,61-,62-,63+,64-,65-,66-,67+,68+/m0/s1. The summed E-state index contributed by atoms with van der Waals surface area (Å²) in [5, 5.41) is 311. The van der Waals surface area contributed by atoms with Gasteiger partial charge >= 0.3 is 0 Å². The molecule has 10 rings (SSSR count). The molecule has 706 valence electrons. The molecule has 0 aromatic carbocycles. The summed E-state index contributed by atoms with van der Waals surface area (Å²) in [6, 6.07) is -7.84. The highest BCUT2D eigenvalue weighted by molar-refractivity contribution is 5.74. The first kappa shape index (κ1) is 100. The fraction of sp³-hybridized carbons (Fsp3) is 0.941. The second-order valence-corrected chi connectivity index (χ2v) is 31.0. The van der Waals surface area contributed by atoms with E-state index in [-0.39, 0.29) is 0 Å². The van der Waals surface area contributed by atoms with E-state index in [1.807, 2.05) is 0 Å². The molecule has 31 N–H and O–H groups in total. The molecule has 54 heteroatoms. The minimum absolute atomic E-state index is 0.842. The summed E-state index contributed by atoms with van der Waals surface area (Å²) in [7, 11) is 0. The van der Waals surface area contributed by atoms with Crippen LogP contribution in [0.25, 0.3) is 0 Å². The maximum absolute atomic E-state index is 13.3. The van der Waals surface area contributed by atoms with Crippen molar-refractivity contribution in [3.05, 3.63) is 0 Å². The smallest absolute Gasteiger partial charge is 0.217 e. The molecule has 0 bridgehead atoms. The summed E-state index contributed by atoms with van der Waals surface area (Å²) in [6.07, 6.45) is -96.0. The van der Waals surface area contributed by atoms with Crippen molar-refractivity contribution in [3.63, 3.8) is 0 Å². The summed E-state index contributed by atoms with van der Waals surface area (Å²) in [6.45, 7) is -4.95. The van der Waals surface area contributed by atoms with Crippen molar-refractivity contribution in [2.75, 3.05) is 59.5 Å². The lowest BCUT2D eigenvalue weighted by Crippen LogP contribution is -2.71. The Bertz CT molecular complexity index is 3290. The molecule has 10 fully saturated rings. The van der Waals surface area contributed by atoms with E-state index in [0.29, 0.717) is 0 Å². The number of amides is 4. The van der Waals surface area contributed by atoms with E-state index in [2.05, 4.69) is 21.3 Å². The van der Waals surface area contributed by atoms with Gasteiger partial charge in [0.1, 0.15) is 238 Å². The second-order valence-electron chi connectivity index (χ2n) is 31.0. The fourth-order valence-corrected chi connectivity index (χ4v) is 15.8. The van der Waals surface area contributed by atoms with Gasteiger partial charge in [0.05, 0.1) is 65.6 Å². The van der Waals surface area contributed by atoms with Gasteiger partial charge < -0.3 is 249 Å². The Labute approximate surface area is 691 Å². The average Bonchev–Trinajstić information content (AvgIpc) is 0.756. The summed E-state index contributed by atoms with van der Waals surface area (Å²) < 4.78 is 113. The van der Waals surface area contributed by atoms with Crippen LogP contribution in [0.4, 0.5) is 0 Å². The third-order valence-electron chi connectivity index (χ3n) is 22.4. The Morgan fingerprint density at radius 1 is 0.230 bits per heavy atom. The maximum Gasteiger partial charge on any atom is 0.217 e. The number of carbonyl (C=O) groups excluding carboxylic acids is 4.